The molecule has 2 fully saturated rings. The Bertz CT molecular complexity index is 525. The van der Waals surface area contributed by atoms with Gasteiger partial charge in [-0.1, -0.05) is 26.2 Å². The highest BCUT2D eigenvalue weighted by Gasteiger charge is 2.36. The van der Waals surface area contributed by atoms with E-state index in [-0.39, 0.29) is 17.9 Å². The topological polar surface area (TPSA) is 26.3 Å². The van der Waals surface area contributed by atoms with Crippen molar-refractivity contribution in [3.63, 3.8) is 0 Å². The number of esters is 1. The van der Waals surface area contributed by atoms with Crippen molar-refractivity contribution >= 4 is 5.97 Å². The maximum atomic E-state index is 12.9. The van der Waals surface area contributed by atoms with Gasteiger partial charge in [-0.05, 0) is 74.1 Å². The number of carbonyl (C=O) groups excluding carboxylic acids is 1. The van der Waals surface area contributed by atoms with E-state index in [1.165, 1.54) is 62.8 Å². The van der Waals surface area contributed by atoms with Crippen molar-refractivity contribution in [2.24, 2.45) is 17.8 Å². The fourth-order valence-corrected chi connectivity index (χ4v) is 4.53. The van der Waals surface area contributed by atoms with Crippen LogP contribution in [0.4, 0.5) is 4.39 Å². The van der Waals surface area contributed by atoms with E-state index in [1.807, 2.05) is 0 Å². The van der Waals surface area contributed by atoms with Crippen LogP contribution in [-0.2, 0) is 4.74 Å². The Morgan fingerprint density at radius 2 is 1.78 bits per heavy atom. The number of carbonyl (C=O) groups is 1. The molecule has 0 aliphatic heterocycles. The number of rotatable bonds is 4. The fraction of sp³-hybridized carbons (Fsp3) is 0.650. The van der Waals surface area contributed by atoms with Crippen LogP contribution in [0.15, 0.2) is 24.3 Å². The summed E-state index contributed by atoms with van der Waals surface area (Å²) < 4.78 is 18.6. The number of hydrogen-bond donors (Lipinski definition) is 0. The second-order valence-electron chi connectivity index (χ2n) is 7.34. The van der Waals surface area contributed by atoms with Crippen LogP contribution in [0.1, 0.15) is 68.6 Å². The van der Waals surface area contributed by atoms with Crippen molar-refractivity contribution in [3.05, 3.63) is 35.6 Å². The van der Waals surface area contributed by atoms with Gasteiger partial charge in [0.25, 0.3) is 0 Å². The largest absolute Gasteiger partial charge is 0.459 e. The lowest BCUT2D eigenvalue weighted by molar-refractivity contribution is -0.00620. The SMILES string of the molecule is CCCC1CCC2CC(OC(=O)c3ccc(F)cc3)CCC2C1. The molecular weight excluding hydrogens is 291 g/mol. The summed E-state index contributed by atoms with van der Waals surface area (Å²) >= 11 is 0. The number of ether oxygens (including phenoxy) is 1. The highest BCUT2D eigenvalue weighted by atomic mass is 19.1. The summed E-state index contributed by atoms with van der Waals surface area (Å²) in [5.74, 6) is 1.84. The van der Waals surface area contributed by atoms with Crippen molar-refractivity contribution in [1.82, 2.24) is 0 Å². The van der Waals surface area contributed by atoms with Gasteiger partial charge in [-0.3, -0.25) is 0 Å². The van der Waals surface area contributed by atoms with Gasteiger partial charge in [-0.2, -0.15) is 0 Å². The van der Waals surface area contributed by atoms with Gasteiger partial charge in [0.1, 0.15) is 11.9 Å². The van der Waals surface area contributed by atoms with E-state index < -0.39 is 0 Å². The van der Waals surface area contributed by atoms with Gasteiger partial charge in [-0.15, -0.1) is 0 Å². The van der Waals surface area contributed by atoms with Crippen molar-refractivity contribution in [3.8, 4) is 0 Å². The number of halogens is 1. The summed E-state index contributed by atoms with van der Waals surface area (Å²) in [6, 6.07) is 5.61. The molecule has 0 aromatic heterocycles. The molecule has 0 amide bonds. The minimum absolute atomic E-state index is 0.0385. The Kier molecular flexibility index (Phi) is 5.34. The van der Waals surface area contributed by atoms with Gasteiger partial charge >= 0.3 is 5.97 Å². The van der Waals surface area contributed by atoms with Crippen molar-refractivity contribution < 1.29 is 13.9 Å². The smallest absolute Gasteiger partial charge is 0.338 e. The molecule has 1 aromatic carbocycles. The van der Waals surface area contributed by atoms with Crippen molar-refractivity contribution in [1.29, 1.82) is 0 Å². The van der Waals surface area contributed by atoms with Crippen molar-refractivity contribution in [2.75, 3.05) is 0 Å². The van der Waals surface area contributed by atoms with Crippen LogP contribution < -0.4 is 0 Å². The van der Waals surface area contributed by atoms with E-state index in [0.29, 0.717) is 5.56 Å². The van der Waals surface area contributed by atoms with E-state index in [9.17, 15) is 9.18 Å². The molecule has 4 atom stereocenters. The zero-order valence-electron chi connectivity index (χ0n) is 14.0. The molecule has 126 valence electrons. The fourth-order valence-electron chi connectivity index (χ4n) is 4.53. The first kappa shape index (κ1) is 16.5. The highest BCUT2D eigenvalue weighted by molar-refractivity contribution is 5.89. The van der Waals surface area contributed by atoms with E-state index in [1.54, 1.807) is 0 Å². The third-order valence-electron chi connectivity index (χ3n) is 5.72. The standard InChI is InChI=1S/C20H27FO2/c1-2-3-14-4-5-17-13-19(11-8-16(17)12-14)23-20(22)15-6-9-18(21)10-7-15/h6-7,9-10,14,16-17,19H,2-5,8,11-13H2,1H3. The summed E-state index contributed by atoms with van der Waals surface area (Å²) in [7, 11) is 0. The Labute approximate surface area is 138 Å². The van der Waals surface area contributed by atoms with Crippen LogP contribution in [0.3, 0.4) is 0 Å². The van der Waals surface area contributed by atoms with E-state index >= 15 is 0 Å². The average molecular weight is 318 g/mol. The minimum atomic E-state index is -0.328. The first-order valence-corrected chi connectivity index (χ1v) is 9.12. The molecule has 2 nitrogen and oxygen atoms in total. The van der Waals surface area contributed by atoms with E-state index in [0.717, 1.165) is 30.6 Å². The van der Waals surface area contributed by atoms with E-state index in [4.69, 9.17) is 4.74 Å². The Balaban J connectivity index is 1.52. The molecule has 2 saturated carbocycles. The normalized spacial score (nSPS) is 30.5. The van der Waals surface area contributed by atoms with Crippen LogP contribution in [0.2, 0.25) is 0 Å². The molecule has 0 N–H and O–H groups in total. The molecule has 0 heterocycles. The summed E-state index contributed by atoms with van der Waals surface area (Å²) in [4.78, 5) is 12.2. The number of benzene rings is 1. The molecule has 1 aromatic rings. The van der Waals surface area contributed by atoms with Crippen LogP contribution in [0.5, 0.6) is 0 Å². The molecule has 0 bridgehead atoms. The summed E-state index contributed by atoms with van der Waals surface area (Å²) in [6.07, 6.45) is 9.88. The minimum Gasteiger partial charge on any atom is -0.459 e. The molecule has 23 heavy (non-hydrogen) atoms. The molecule has 0 radical (unpaired) electrons. The lowest BCUT2D eigenvalue weighted by Gasteiger charge is -2.41. The van der Waals surface area contributed by atoms with Crippen LogP contribution in [-0.4, -0.2) is 12.1 Å². The second kappa shape index (κ2) is 7.46. The van der Waals surface area contributed by atoms with Gasteiger partial charge in [-0.25, -0.2) is 9.18 Å². The molecule has 2 aliphatic carbocycles. The molecule has 0 spiro atoms. The monoisotopic (exact) mass is 318 g/mol. The molecular formula is C20H27FO2. The van der Waals surface area contributed by atoms with Crippen molar-refractivity contribution in [2.45, 2.75) is 64.4 Å². The number of hydrogen-bond acceptors (Lipinski definition) is 2. The predicted octanol–water partition coefficient (Wildman–Crippen LogP) is 5.37. The molecule has 2 aliphatic rings. The quantitative estimate of drug-likeness (QED) is 0.698. The molecule has 4 unspecified atom stereocenters. The maximum absolute atomic E-state index is 12.9. The van der Waals surface area contributed by atoms with Gasteiger partial charge in [0.2, 0.25) is 0 Å². The Morgan fingerprint density at radius 3 is 2.52 bits per heavy atom. The molecule has 3 heteroatoms. The van der Waals surface area contributed by atoms with Gasteiger partial charge in [0.15, 0.2) is 0 Å². The Hall–Kier alpha value is -1.38. The van der Waals surface area contributed by atoms with Crippen LogP contribution in [0, 0.1) is 23.6 Å². The zero-order chi connectivity index (χ0) is 16.2. The summed E-state index contributed by atoms with van der Waals surface area (Å²) in [6.45, 7) is 2.28. The third kappa shape index (κ3) is 4.13. The average Bonchev–Trinajstić information content (AvgIpc) is 2.56. The molecule has 0 saturated heterocycles. The summed E-state index contributed by atoms with van der Waals surface area (Å²) in [5.41, 5.74) is 0.445. The van der Waals surface area contributed by atoms with Crippen LogP contribution >= 0.6 is 0 Å². The van der Waals surface area contributed by atoms with Gasteiger partial charge in [0, 0.05) is 0 Å². The second-order valence-corrected chi connectivity index (χ2v) is 7.34. The third-order valence-corrected chi connectivity index (χ3v) is 5.72. The van der Waals surface area contributed by atoms with Gasteiger partial charge < -0.3 is 4.74 Å². The first-order chi connectivity index (χ1) is 11.2. The Morgan fingerprint density at radius 1 is 1.09 bits per heavy atom. The zero-order valence-corrected chi connectivity index (χ0v) is 14.0. The maximum Gasteiger partial charge on any atom is 0.338 e. The lowest BCUT2D eigenvalue weighted by Crippen LogP contribution is -2.35. The predicted molar refractivity (Wildman–Crippen MR) is 88.7 cm³/mol. The molecule has 3 rings (SSSR count). The van der Waals surface area contributed by atoms with E-state index in [2.05, 4.69) is 6.92 Å². The van der Waals surface area contributed by atoms with Gasteiger partial charge in [0.05, 0.1) is 5.56 Å². The first-order valence-electron chi connectivity index (χ1n) is 9.12. The highest BCUT2D eigenvalue weighted by Crippen LogP contribution is 2.44. The number of fused-ring (bicyclic) bond motifs is 1. The lowest BCUT2D eigenvalue weighted by atomic mass is 9.66. The summed E-state index contributed by atoms with van der Waals surface area (Å²) in [5, 5.41) is 0. The van der Waals surface area contributed by atoms with Crippen LogP contribution in [0.25, 0.3) is 0 Å².